The number of nitrogens with one attached hydrogen (secondary N) is 2. The molecule has 0 aromatic heterocycles. The third-order valence-corrected chi connectivity index (χ3v) is 3.99. The van der Waals surface area contributed by atoms with E-state index in [-0.39, 0.29) is 11.3 Å². The van der Waals surface area contributed by atoms with Crippen LogP contribution in [0.3, 0.4) is 0 Å². The van der Waals surface area contributed by atoms with Gasteiger partial charge in [-0.3, -0.25) is 9.59 Å². The first-order valence-corrected chi connectivity index (χ1v) is 8.39. The monoisotopic (exact) mass is 402 g/mol. The number of alkyl halides is 3. The first-order valence-electron chi connectivity index (χ1n) is 8.39. The molecule has 3 aromatic rings. The molecule has 3 rings (SSSR count). The molecule has 0 atom stereocenters. The molecule has 148 valence electrons. The van der Waals surface area contributed by atoms with Crippen molar-refractivity contribution in [3.63, 3.8) is 0 Å². The van der Waals surface area contributed by atoms with Gasteiger partial charge in [-0.2, -0.15) is 13.2 Å². The summed E-state index contributed by atoms with van der Waals surface area (Å²) in [4.78, 5) is 24.7. The number of carbonyl (C=O) groups is 2. The zero-order valence-corrected chi connectivity index (χ0v) is 14.8. The van der Waals surface area contributed by atoms with Crippen molar-refractivity contribution in [3.8, 4) is 0 Å². The number of rotatable bonds is 4. The fourth-order valence-corrected chi connectivity index (χ4v) is 2.54. The standard InChI is InChI=1S/C21H14F4N2O2/c22-18-16(19(28)26-14-5-2-1-3-6-14)7-4-8-17(18)20(29)27-15-11-9-13(10-12-15)21(23,24)25/h1-12H,(H,26,28)(H,27,29). The lowest BCUT2D eigenvalue weighted by molar-refractivity contribution is -0.137. The first-order chi connectivity index (χ1) is 13.8. The molecule has 29 heavy (non-hydrogen) atoms. The third kappa shape index (κ3) is 4.78. The second-order valence-electron chi connectivity index (χ2n) is 6.02. The minimum Gasteiger partial charge on any atom is -0.322 e. The molecule has 0 aliphatic carbocycles. The highest BCUT2D eigenvalue weighted by molar-refractivity contribution is 6.09. The van der Waals surface area contributed by atoms with Crippen molar-refractivity contribution in [2.24, 2.45) is 0 Å². The lowest BCUT2D eigenvalue weighted by atomic mass is 10.1. The zero-order valence-electron chi connectivity index (χ0n) is 14.8. The number of para-hydroxylation sites is 1. The van der Waals surface area contributed by atoms with Gasteiger partial charge in [-0.25, -0.2) is 4.39 Å². The van der Waals surface area contributed by atoms with Crippen molar-refractivity contribution in [1.82, 2.24) is 0 Å². The number of carbonyl (C=O) groups excluding carboxylic acids is 2. The van der Waals surface area contributed by atoms with Crippen LogP contribution in [0.15, 0.2) is 72.8 Å². The van der Waals surface area contributed by atoms with Gasteiger partial charge in [-0.15, -0.1) is 0 Å². The second kappa shape index (κ2) is 8.14. The molecule has 2 N–H and O–H groups in total. The molecule has 8 heteroatoms. The van der Waals surface area contributed by atoms with E-state index in [1.165, 1.54) is 18.2 Å². The van der Waals surface area contributed by atoms with E-state index in [1.54, 1.807) is 30.3 Å². The topological polar surface area (TPSA) is 58.2 Å². The Bertz CT molecular complexity index is 1030. The lowest BCUT2D eigenvalue weighted by Gasteiger charge is -2.11. The molecule has 3 aromatic carbocycles. The van der Waals surface area contributed by atoms with E-state index < -0.39 is 34.9 Å². The number of amides is 2. The summed E-state index contributed by atoms with van der Waals surface area (Å²) in [5, 5.41) is 4.83. The van der Waals surface area contributed by atoms with E-state index in [0.717, 1.165) is 24.3 Å². The zero-order chi connectivity index (χ0) is 21.0. The average Bonchev–Trinajstić information content (AvgIpc) is 2.68. The molecular weight excluding hydrogens is 388 g/mol. The summed E-state index contributed by atoms with van der Waals surface area (Å²) >= 11 is 0. The Morgan fingerprint density at radius 2 is 1.14 bits per heavy atom. The lowest BCUT2D eigenvalue weighted by Crippen LogP contribution is -2.19. The Balaban J connectivity index is 1.78. The van der Waals surface area contributed by atoms with Crippen LogP contribution in [0.1, 0.15) is 26.3 Å². The number of hydrogen-bond acceptors (Lipinski definition) is 2. The molecule has 0 saturated heterocycles. The summed E-state index contributed by atoms with van der Waals surface area (Å²) in [6, 6.07) is 15.8. The van der Waals surface area contributed by atoms with E-state index >= 15 is 0 Å². The summed E-state index contributed by atoms with van der Waals surface area (Å²) in [7, 11) is 0. The van der Waals surface area contributed by atoms with Crippen LogP contribution in [-0.4, -0.2) is 11.8 Å². The molecule has 0 fully saturated rings. The van der Waals surface area contributed by atoms with Gasteiger partial charge in [0, 0.05) is 11.4 Å². The van der Waals surface area contributed by atoms with Crippen LogP contribution in [0.4, 0.5) is 28.9 Å². The van der Waals surface area contributed by atoms with Gasteiger partial charge in [0.05, 0.1) is 16.7 Å². The van der Waals surface area contributed by atoms with Gasteiger partial charge >= 0.3 is 6.18 Å². The normalized spacial score (nSPS) is 11.0. The van der Waals surface area contributed by atoms with Gasteiger partial charge in [0.2, 0.25) is 0 Å². The largest absolute Gasteiger partial charge is 0.416 e. The van der Waals surface area contributed by atoms with Crippen LogP contribution >= 0.6 is 0 Å². The molecule has 0 saturated carbocycles. The van der Waals surface area contributed by atoms with E-state index in [4.69, 9.17) is 0 Å². The molecular formula is C21H14F4N2O2. The highest BCUT2D eigenvalue weighted by atomic mass is 19.4. The van der Waals surface area contributed by atoms with E-state index in [2.05, 4.69) is 10.6 Å². The Labute approximate surface area is 163 Å². The minimum atomic E-state index is -4.50. The molecule has 2 amide bonds. The van der Waals surface area contributed by atoms with Gasteiger partial charge in [-0.1, -0.05) is 24.3 Å². The predicted molar refractivity (Wildman–Crippen MR) is 100 cm³/mol. The van der Waals surface area contributed by atoms with Crippen LogP contribution in [0, 0.1) is 5.82 Å². The van der Waals surface area contributed by atoms with Crippen LogP contribution < -0.4 is 10.6 Å². The quantitative estimate of drug-likeness (QED) is 0.578. The maximum Gasteiger partial charge on any atom is 0.416 e. The fraction of sp³-hybridized carbons (Fsp3) is 0.0476. The Morgan fingerprint density at radius 3 is 1.62 bits per heavy atom. The van der Waals surface area contributed by atoms with Crippen LogP contribution in [0.2, 0.25) is 0 Å². The molecule has 0 radical (unpaired) electrons. The summed E-state index contributed by atoms with van der Waals surface area (Å²) in [5.74, 6) is -2.67. The van der Waals surface area contributed by atoms with E-state index in [1.807, 2.05) is 0 Å². The van der Waals surface area contributed by atoms with Crippen molar-refractivity contribution < 1.29 is 27.2 Å². The van der Waals surface area contributed by atoms with Crippen LogP contribution in [-0.2, 0) is 6.18 Å². The molecule has 4 nitrogen and oxygen atoms in total. The Kier molecular flexibility index (Phi) is 5.63. The van der Waals surface area contributed by atoms with Crippen molar-refractivity contribution in [2.75, 3.05) is 10.6 Å². The first kappa shape index (κ1) is 20.1. The van der Waals surface area contributed by atoms with Crippen molar-refractivity contribution in [2.45, 2.75) is 6.18 Å². The average molecular weight is 402 g/mol. The molecule has 0 unspecified atom stereocenters. The summed E-state index contributed by atoms with van der Waals surface area (Å²) in [6.07, 6.45) is -4.50. The van der Waals surface area contributed by atoms with Gasteiger partial charge in [0.15, 0.2) is 0 Å². The molecule has 0 heterocycles. The van der Waals surface area contributed by atoms with Crippen molar-refractivity contribution in [3.05, 3.63) is 95.3 Å². The van der Waals surface area contributed by atoms with E-state index in [9.17, 15) is 27.2 Å². The smallest absolute Gasteiger partial charge is 0.322 e. The number of hydrogen-bond donors (Lipinski definition) is 2. The molecule has 0 aliphatic rings. The van der Waals surface area contributed by atoms with E-state index in [0.29, 0.717) is 5.69 Å². The fourth-order valence-electron chi connectivity index (χ4n) is 2.54. The molecule has 0 spiro atoms. The number of anilines is 2. The van der Waals surface area contributed by atoms with Gasteiger partial charge in [0.25, 0.3) is 11.8 Å². The summed E-state index contributed by atoms with van der Waals surface area (Å²) < 4.78 is 52.5. The SMILES string of the molecule is O=C(Nc1ccccc1)c1cccc(C(=O)Nc2ccc(C(F)(F)F)cc2)c1F. The summed E-state index contributed by atoms with van der Waals surface area (Å²) in [6.45, 7) is 0. The predicted octanol–water partition coefficient (Wildman–Crippen LogP) is 5.35. The summed E-state index contributed by atoms with van der Waals surface area (Å²) in [5.41, 5.74) is -1.11. The maximum absolute atomic E-state index is 14.7. The van der Waals surface area contributed by atoms with Crippen molar-refractivity contribution in [1.29, 1.82) is 0 Å². The van der Waals surface area contributed by atoms with Gasteiger partial charge in [0.1, 0.15) is 5.82 Å². The Hall–Kier alpha value is -3.68. The second-order valence-corrected chi connectivity index (χ2v) is 6.02. The van der Waals surface area contributed by atoms with Gasteiger partial charge < -0.3 is 10.6 Å². The highest BCUT2D eigenvalue weighted by Gasteiger charge is 2.30. The van der Waals surface area contributed by atoms with Gasteiger partial charge in [-0.05, 0) is 48.5 Å². The minimum absolute atomic E-state index is 0.0570. The van der Waals surface area contributed by atoms with Crippen molar-refractivity contribution >= 4 is 23.2 Å². The maximum atomic E-state index is 14.7. The van der Waals surface area contributed by atoms with Crippen LogP contribution in [0.5, 0.6) is 0 Å². The Morgan fingerprint density at radius 1 is 0.655 bits per heavy atom. The third-order valence-electron chi connectivity index (χ3n) is 3.99. The van der Waals surface area contributed by atoms with Crippen LogP contribution in [0.25, 0.3) is 0 Å². The highest BCUT2D eigenvalue weighted by Crippen LogP contribution is 2.30. The number of benzene rings is 3. The molecule has 0 aliphatic heterocycles. The molecule has 0 bridgehead atoms. The number of halogens is 4.